The molecule has 1 aromatic heterocycles. The molecule has 0 atom stereocenters. The quantitative estimate of drug-likeness (QED) is 0.441. The molecule has 0 unspecified atom stereocenters. The maximum atomic E-state index is 5.45. The van der Waals surface area contributed by atoms with Crippen LogP contribution in [0.4, 0.5) is 0 Å². The van der Waals surface area contributed by atoms with Crippen molar-refractivity contribution in [3.05, 3.63) is 88.5 Å². The summed E-state index contributed by atoms with van der Waals surface area (Å²) >= 11 is 1.56. The van der Waals surface area contributed by atoms with E-state index in [2.05, 4.69) is 58.9 Å². The number of hydrogen-bond acceptors (Lipinski definition) is 5. The van der Waals surface area contributed by atoms with Crippen molar-refractivity contribution in [1.82, 2.24) is 4.68 Å². The van der Waals surface area contributed by atoms with Crippen LogP contribution in [0.3, 0.4) is 0 Å². The number of fused-ring (bicyclic) bond motifs is 1. The highest BCUT2D eigenvalue weighted by molar-refractivity contribution is 7.07. The predicted octanol–water partition coefficient (Wildman–Crippen LogP) is 5.03. The molecule has 0 saturated heterocycles. The highest BCUT2D eigenvalue weighted by Crippen LogP contribution is 2.32. The zero-order valence-electron chi connectivity index (χ0n) is 16.4. The molecule has 0 aliphatic carbocycles. The number of aromatic nitrogens is 1. The van der Waals surface area contributed by atoms with E-state index in [4.69, 9.17) is 14.6 Å². The lowest BCUT2D eigenvalue weighted by Gasteiger charge is -2.06. The summed E-state index contributed by atoms with van der Waals surface area (Å²) in [4.78, 5) is 5.20. The van der Waals surface area contributed by atoms with Crippen molar-refractivity contribution in [3.8, 4) is 33.9 Å². The van der Waals surface area contributed by atoms with Gasteiger partial charge in [-0.15, -0.1) is 11.3 Å². The first-order valence-corrected chi connectivity index (χ1v) is 10.4. The normalized spacial score (nSPS) is 13.3. The van der Waals surface area contributed by atoms with Gasteiger partial charge in [-0.25, -0.2) is 4.68 Å². The van der Waals surface area contributed by atoms with E-state index >= 15 is 0 Å². The first kappa shape index (κ1) is 18.4. The Morgan fingerprint density at radius 3 is 2.40 bits per heavy atom. The largest absolute Gasteiger partial charge is 0.454 e. The predicted molar refractivity (Wildman–Crippen MR) is 120 cm³/mol. The van der Waals surface area contributed by atoms with E-state index in [0.29, 0.717) is 0 Å². The number of hydrogen-bond donors (Lipinski definition) is 0. The summed E-state index contributed by atoms with van der Waals surface area (Å²) in [5.74, 6) is 1.50. The Labute approximate surface area is 178 Å². The van der Waals surface area contributed by atoms with Crippen molar-refractivity contribution in [2.45, 2.75) is 0 Å². The van der Waals surface area contributed by atoms with Gasteiger partial charge in [-0.1, -0.05) is 54.6 Å². The molecular formula is C24H19N3O2S. The highest BCUT2D eigenvalue weighted by Gasteiger charge is 2.13. The average Bonchev–Trinajstić information content (AvgIpc) is 3.44. The molecule has 0 radical (unpaired) electrons. The minimum absolute atomic E-state index is 0.261. The van der Waals surface area contributed by atoms with Crippen LogP contribution in [0, 0.1) is 0 Å². The van der Waals surface area contributed by atoms with E-state index in [1.807, 2.05) is 35.2 Å². The van der Waals surface area contributed by atoms with Crippen molar-refractivity contribution in [2.75, 3.05) is 13.8 Å². The minimum atomic E-state index is 0.261. The van der Waals surface area contributed by atoms with E-state index in [1.54, 1.807) is 18.4 Å². The number of benzene rings is 3. The Bertz CT molecular complexity index is 1270. The summed E-state index contributed by atoms with van der Waals surface area (Å²) in [6, 6.07) is 24.7. The summed E-state index contributed by atoms with van der Waals surface area (Å²) < 4.78 is 12.7. The van der Waals surface area contributed by atoms with Gasteiger partial charge in [0.05, 0.1) is 11.9 Å². The number of thiazole rings is 1. The first-order valence-electron chi connectivity index (χ1n) is 9.55. The maximum Gasteiger partial charge on any atom is 0.231 e. The van der Waals surface area contributed by atoms with Crippen molar-refractivity contribution < 1.29 is 9.47 Å². The van der Waals surface area contributed by atoms with Crippen LogP contribution in [0.25, 0.3) is 22.4 Å². The van der Waals surface area contributed by atoms with Crippen LogP contribution in [0.1, 0.15) is 5.56 Å². The van der Waals surface area contributed by atoms with E-state index in [1.165, 1.54) is 11.1 Å². The molecule has 0 N–H and O–H groups in total. The van der Waals surface area contributed by atoms with Crippen LogP contribution in [0.5, 0.6) is 11.5 Å². The summed E-state index contributed by atoms with van der Waals surface area (Å²) in [5.41, 5.74) is 5.41. The zero-order chi connectivity index (χ0) is 20.3. The molecule has 30 heavy (non-hydrogen) atoms. The smallest absolute Gasteiger partial charge is 0.231 e. The Morgan fingerprint density at radius 1 is 0.867 bits per heavy atom. The molecule has 1 aliphatic heterocycles. The Balaban J connectivity index is 1.48. The van der Waals surface area contributed by atoms with Crippen LogP contribution < -0.4 is 14.3 Å². The molecule has 0 spiro atoms. The fourth-order valence-electron chi connectivity index (χ4n) is 3.34. The van der Waals surface area contributed by atoms with Gasteiger partial charge in [-0.05, 0) is 34.9 Å². The molecule has 0 saturated carbocycles. The second kappa shape index (κ2) is 8.00. The topological polar surface area (TPSA) is 48.1 Å². The van der Waals surface area contributed by atoms with Gasteiger partial charge in [0.15, 0.2) is 11.5 Å². The number of ether oxygens (including phenoxy) is 2. The van der Waals surface area contributed by atoms with E-state index in [-0.39, 0.29) is 6.79 Å². The fraction of sp³-hybridized carbons (Fsp3) is 0.0833. The molecule has 6 heteroatoms. The SMILES string of the molecule is CN=c1scc(-c2ccc(-c3ccccc3)cc2)n1/N=C\c1ccc2c(c1)OCO2. The van der Waals surface area contributed by atoms with Gasteiger partial charge in [0.1, 0.15) is 0 Å². The van der Waals surface area contributed by atoms with E-state index in [0.717, 1.165) is 33.1 Å². The third-order valence-corrected chi connectivity index (χ3v) is 5.79. The third-order valence-electron chi connectivity index (χ3n) is 4.88. The van der Waals surface area contributed by atoms with Crippen LogP contribution in [-0.2, 0) is 0 Å². The average molecular weight is 414 g/mol. The molecule has 1 aliphatic rings. The summed E-state index contributed by atoms with van der Waals surface area (Å²) in [6.45, 7) is 0.261. The molecule has 0 fully saturated rings. The van der Waals surface area contributed by atoms with Gasteiger partial charge in [0, 0.05) is 18.0 Å². The molecule has 5 nitrogen and oxygen atoms in total. The molecule has 148 valence electrons. The van der Waals surface area contributed by atoms with E-state index in [9.17, 15) is 0 Å². The Morgan fingerprint density at radius 2 is 1.60 bits per heavy atom. The number of rotatable bonds is 4. The van der Waals surface area contributed by atoms with Crippen LogP contribution in [0.2, 0.25) is 0 Å². The minimum Gasteiger partial charge on any atom is -0.454 e. The van der Waals surface area contributed by atoms with Crippen LogP contribution in [0.15, 0.2) is 88.3 Å². The molecule has 2 heterocycles. The summed E-state index contributed by atoms with van der Waals surface area (Å²) in [6.07, 6.45) is 1.81. The third kappa shape index (κ3) is 3.53. The van der Waals surface area contributed by atoms with Crippen molar-refractivity contribution in [3.63, 3.8) is 0 Å². The van der Waals surface area contributed by atoms with Crippen molar-refractivity contribution >= 4 is 17.6 Å². The van der Waals surface area contributed by atoms with Gasteiger partial charge in [-0.3, -0.25) is 4.99 Å². The Kier molecular flexibility index (Phi) is 4.91. The second-order valence-corrected chi connectivity index (χ2v) is 7.58. The monoisotopic (exact) mass is 413 g/mol. The summed E-state index contributed by atoms with van der Waals surface area (Å²) in [5, 5.41) is 6.78. The Hall–Kier alpha value is -3.64. The summed E-state index contributed by atoms with van der Waals surface area (Å²) in [7, 11) is 1.78. The van der Waals surface area contributed by atoms with Crippen LogP contribution in [-0.4, -0.2) is 24.7 Å². The van der Waals surface area contributed by atoms with Gasteiger partial charge in [-0.2, -0.15) is 5.10 Å². The second-order valence-electron chi connectivity index (χ2n) is 6.74. The van der Waals surface area contributed by atoms with Gasteiger partial charge >= 0.3 is 0 Å². The van der Waals surface area contributed by atoms with Gasteiger partial charge in [0.25, 0.3) is 0 Å². The lowest BCUT2D eigenvalue weighted by Crippen LogP contribution is -2.11. The molecular weight excluding hydrogens is 394 g/mol. The maximum absolute atomic E-state index is 5.45. The lowest BCUT2D eigenvalue weighted by molar-refractivity contribution is 0.174. The molecule has 3 aromatic carbocycles. The first-order chi connectivity index (χ1) is 14.8. The zero-order valence-corrected chi connectivity index (χ0v) is 17.2. The molecule has 5 rings (SSSR count). The molecule has 4 aromatic rings. The van der Waals surface area contributed by atoms with Gasteiger partial charge in [0.2, 0.25) is 11.6 Å². The molecule has 0 bridgehead atoms. The lowest BCUT2D eigenvalue weighted by atomic mass is 10.0. The van der Waals surface area contributed by atoms with Crippen molar-refractivity contribution in [2.24, 2.45) is 10.1 Å². The standard InChI is InChI=1S/C24H19N3O2S/c1-25-24-27(26-14-17-7-12-22-23(13-17)29-16-28-22)21(15-30-24)20-10-8-19(9-11-20)18-5-3-2-4-6-18/h2-15H,16H2,1H3/b25-24?,26-14-. The molecule has 0 amide bonds. The van der Waals surface area contributed by atoms with Crippen LogP contribution >= 0.6 is 11.3 Å². The number of nitrogens with zero attached hydrogens (tertiary/aromatic N) is 3. The van der Waals surface area contributed by atoms with E-state index < -0.39 is 0 Å². The fourth-order valence-corrected chi connectivity index (χ4v) is 4.15. The van der Waals surface area contributed by atoms with Crippen molar-refractivity contribution in [1.29, 1.82) is 0 Å². The highest BCUT2D eigenvalue weighted by atomic mass is 32.1. The van der Waals surface area contributed by atoms with Gasteiger partial charge < -0.3 is 9.47 Å².